The second-order valence-electron chi connectivity index (χ2n) is 7.48. The molecule has 2 atom stereocenters. The molecule has 2 unspecified atom stereocenters. The predicted molar refractivity (Wildman–Crippen MR) is 86.8 cm³/mol. The van der Waals surface area contributed by atoms with E-state index >= 15 is 0 Å². The van der Waals surface area contributed by atoms with Crippen LogP contribution in [0.4, 0.5) is 0 Å². The van der Waals surface area contributed by atoms with Crippen molar-refractivity contribution in [2.75, 3.05) is 13.6 Å². The van der Waals surface area contributed by atoms with Gasteiger partial charge in [0.15, 0.2) is 0 Å². The molecule has 0 spiro atoms. The van der Waals surface area contributed by atoms with Crippen LogP contribution < -0.4 is 5.32 Å². The Labute approximate surface area is 130 Å². The molecular formula is C18H24BrN. The van der Waals surface area contributed by atoms with Crippen LogP contribution in [-0.4, -0.2) is 13.6 Å². The van der Waals surface area contributed by atoms with Crippen molar-refractivity contribution in [2.24, 2.45) is 23.7 Å². The van der Waals surface area contributed by atoms with E-state index < -0.39 is 0 Å². The zero-order valence-corrected chi connectivity index (χ0v) is 13.8. The van der Waals surface area contributed by atoms with Crippen molar-refractivity contribution in [3.8, 4) is 0 Å². The maximum Gasteiger partial charge on any atom is 0.0178 e. The lowest BCUT2D eigenvalue weighted by Gasteiger charge is -2.60. The summed E-state index contributed by atoms with van der Waals surface area (Å²) in [5.41, 5.74) is 2.11. The molecule has 4 saturated carbocycles. The summed E-state index contributed by atoms with van der Waals surface area (Å²) in [6, 6.07) is 9.15. The Bertz CT molecular complexity index is 496. The van der Waals surface area contributed by atoms with E-state index in [4.69, 9.17) is 0 Å². The Hall–Kier alpha value is -0.340. The standard InChI is InChI=1S/C18H24BrN/c1-20-11-17-13-5-12-6-14(17)10-18(8-12,9-13)15-3-2-4-16(19)7-15/h2-4,7,12-14,17,20H,5-6,8-11H2,1H3. The van der Waals surface area contributed by atoms with Crippen molar-refractivity contribution in [3.63, 3.8) is 0 Å². The predicted octanol–water partition coefficient (Wildman–Crippen LogP) is 4.36. The molecule has 2 heteroatoms. The van der Waals surface area contributed by atoms with Gasteiger partial charge in [0.25, 0.3) is 0 Å². The highest BCUT2D eigenvalue weighted by atomic mass is 79.9. The molecule has 20 heavy (non-hydrogen) atoms. The summed E-state index contributed by atoms with van der Waals surface area (Å²) in [6.07, 6.45) is 7.31. The minimum Gasteiger partial charge on any atom is -0.319 e. The van der Waals surface area contributed by atoms with E-state index in [-0.39, 0.29) is 0 Å². The SMILES string of the molecule is CNCC1C2CC3CC1CC(c1cccc(Br)c1)(C3)C2. The van der Waals surface area contributed by atoms with Gasteiger partial charge in [-0.2, -0.15) is 0 Å². The summed E-state index contributed by atoms with van der Waals surface area (Å²) in [6.45, 7) is 1.23. The maximum absolute atomic E-state index is 3.67. The smallest absolute Gasteiger partial charge is 0.0178 e. The zero-order valence-electron chi connectivity index (χ0n) is 12.2. The molecule has 0 amide bonds. The summed E-state index contributed by atoms with van der Waals surface area (Å²) in [7, 11) is 2.12. The quantitative estimate of drug-likeness (QED) is 0.866. The monoisotopic (exact) mass is 333 g/mol. The second-order valence-corrected chi connectivity index (χ2v) is 8.40. The normalized spacial score (nSPS) is 42.1. The molecule has 1 N–H and O–H groups in total. The van der Waals surface area contributed by atoms with E-state index in [1.54, 1.807) is 5.56 Å². The average Bonchev–Trinajstić information content (AvgIpc) is 2.42. The van der Waals surface area contributed by atoms with Crippen molar-refractivity contribution >= 4 is 15.9 Å². The summed E-state index contributed by atoms with van der Waals surface area (Å²) >= 11 is 3.67. The van der Waals surface area contributed by atoms with E-state index in [0.29, 0.717) is 5.41 Å². The minimum atomic E-state index is 0.504. The second kappa shape index (κ2) is 4.84. The fraction of sp³-hybridized carbons (Fsp3) is 0.667. The van der Waals surface area contributed by atoms with Crippen LogP contribution in [0.5, 0.6) is 0 Å². The van der Waals surface area contributed by atoms with Gasteiger partial charge in [0.2, 0.25) is 0 Å². The van der Waals surface area contributed by atoms with E-state index in [0.717, 1.165) is 23.7 Å². The molecule has 5 rings (SSSR count). The number of hydrogen-bond donors (Lipinski definition) is 1. The van der Waals surface area contributed by atoms with Gasteiger partial charge in [-0.15, -0.1) is 0 Å². The first-order valence-electron chi connectivity index (χ1n) is 8.11. The van der Waals surface area contributed by atoms with Crippen molar-refractivity contribution < 1.29 is 0 Å². The first kappa shape index (κ1) is 13.3. The molecule has 0 heterocycles. The molecule has 0 saturated heterocycles. The summed E-state index contributed by atoms with van der Waals surface area (Å²) in [5.74, 6) is 3.87. The van der Waals surface area contributed by atoms with Crippen LogP contribution in [-0.2, 0) is 5.41 Å². The van der Waals surface area contributed by atoms with Crippen LogP contribution in [0.3, 0.4) is 0 Å². The van der Waals surface area contributed by atoms with Gasteiger partial charge in [-0.1, -0.05) is 28.1 Å². The molecule has 108 valence electrons. The Kier molecular flexibility index (Phi) is 3.23. The average molecular weight is 334 g/mol. The molecule has 4 aliphatic rings. The minimum absolute atomic E-state index is 0.504. The largest absolute Gasteiger partial charge is 0.319 e. The summed E-state index contributed by atoms with van der Waals surface area (Å²) < 4.78 is 1.25. The number of nitrogens with one attached hydrogen (secondary N) is 1. The molecule has 4 fully saturated rings. The summed E-state index contributed by atoms with van der Waals surface area (Å²) in [4.78, 5) is 0. The highest BCUT2D eigenvalue weighted by Gasteiger charge is 2.55. The third-order valence-electron chi connectivity index (χ3n) is 6.35. The lowest BCUT2D eigenvalue weighted by Crippen LogP contribution is -2.54. The molecular weight excluding hydrogens is 310 g/mol. The maximum atomic E-state index is 3.67. The van der Waals surface area contributed by atoms with Crippen LogP contribution in [0.25, 0.3) is 0 Å². The van der Waals surface area contributed by atoms with Crippen molar-refractivity contribution in [1.29, 1.82) is 0 Å². The van der Waals surface area contributed by atoms with Crippen LogP contribution >= 0.6 is 15.9 Å². The van der Waals surface area contributed by atoms with E-state index in [2.05, 4.69) is 52.6 Å². The lowest BCUT2D eigenvalue weighted by molar-refractivity contribution is -0.0547. The van der Waals surface area contributed by atoms with Gasteiger partial charge in [0.1, 0.15) is 0 Å². The molecule has 1 nitrogen and oxygen atoms in total. The van der Waals surface area contributed by atoms with Gasteiger partial charge in [-0.3, -0.25) is 0 Å². The molecule has 0 aliphatic heterocycles. The van der Waals surface area contributed by atoms with E-state index in [1.165, 1.54) is 43.1 Å². The molecule has 0 radical (unpaired) electrons. The van der Waals surface area contributed by atoms with Gasteiger partial charge in [-0.25, -0.2) is 0 Å². The van der Waals surface area contributed by atoms with Gasteiger partial charge in [-0.05, 0) is 92.5 Å². The molecule has 0 aromatic heterocycles. The fourth-order valence-corrected chi connectivity index (χ4v) is 6.27. The van der Waals surface area contributed by atoms with Crippen molar-refractivity contribution in [3.05, 3.63) is 34.3 Å². The number of halogens is 1. The molecule has 1 aromatic rings. The van der Waals surface area contributed by atoms with E-state index in [1.807, 2.05) is 0 Å². The topological polar surface area (TPSA) is 12.0 Å². The van der Waals surface area contributed by atoms with Gasteiger partial charge in [0, 0.05) is 4.47 Å². The molecule has 4 aliphatic carbocycles. The van der Waals surface area contributed by atoms with Crippen LogP contribution in [0.2, 0.25) is 0 Å². The van der Waals surface area contributed by atoms with Crippen LogP contribution in [0, 0.1) is 23.7 Å². The Morgan fingerprint density at radius 2 is 1.95 bits per heavy atom. The number of rotatable bonds is 3. The van der Waals surface area contributed by atoms with Gasteiger partial charge < -0.3 is 5.32 Å². The fourth-order valence-electron chi connectivity index (χ4n) is 5.87. The van der Waals surface area contributed by atoms with Crippen LogP contribution in [0.1, 0.15) is 37.7 Å². The summed E-state index contributed by atoms with van der Waals surface area (Å²) in [5, 5.41) is 3.45. The molecule has 4 bridgehead atoms. The highest BCUT2D eigenvalue weighted by Crippen LogP contribution is 2.62. The third-order valence-corrected chi connectivity index (χ3v) is 6.84. The Morgan fingerprint density at radius 1 is 1.20 bits per heavy atom. The van der Waals surface area contributed by atoms with Gasteiger partial charge >= 0.3 is 0 Å². The zero-order chi connectivity index (χ0) is 13.7. The molecule has 1 aromatic carbocycles. The van der Waals surface area contributed by atoms with Crippen molar-refractivity contribution in [2.45, 2.75) is 37.5 Å². The third kappa shape index (κ3) is 1.99. The van der Waals surface area contributed by atoms with Crippen LogP contribution in [0.15, 0.2) is 28.7 Å². The number of benzene rings is 1. The lowest BCUT2D eigenvalue weighted by atomic mass is 9.45. The Morgan fingerprint density at radius 3 is 2.60 bits per heavy atom. The van der Waals surface area contributed by atoms with Gasteiger partial charge in [0.05, 0.1) is 0 Å². The highest BCUT2D eigenvalue weighted by molar-refractivity contribution is 9.10. The number of hydrogen-bond acceptors (Lipinski definition) is 1. The van der Waals surface area contributed by atoms with Crippen molar-refractivity contribution in [1.82, 2.24) is 5.32 Å². The van der Waals surface area contributed by atoms with E-state index in [9.17, 15) is 0 Å². The first-order valence-corrected chi connectivity index (χ1v) is 8.90. The Balaban J connectivity index is 1.68. The first-order chi connectivity index (χ1) is 9.70.